The molecular weight excluding hydrogens is 288 g/mol. The third kappa shape index (κ3) is 3.08. The van der Waals surface area contributed by atoms with E-state index in [-0.39, 0.29) is 6.04 Å². The summed E-state index contributed by atoms with van der Waals surface area (Å²) in [6, 6.07) is 5.01. The standard InChI is InChI=1S/C14H18N4O2S/c1-11(9-18-7-6-15-10-18)17-21(19,20)13-2-3-14-12(8-13)4-5-16-14/h2-3,6-8,10-11,16-17H,4-5,9H2,1H3. The molecule has 0 aliphatic carbocycles. The van der Waals surface area contributed by atoms with Crippen LogP contribution in [0.5, 0.6) is 0 Å². The molecule has 2 heterocycles. The lowest BCUT2D eigenvalue weighted by Gasteiger charge is -2.15. The Morgan fingerprint density at radius 2 is 2.33 bits per heavy atom. The molecule has 6 nitrogen and oxygen atoms in total. The highest BCUT2D eigenvalue weighted by Gasteiger charge is 2.20. The molecular formula is C14H18N4O2S. The fourth-order valence-corrected chi connectivity index (χ4v) is 3.81. The molecule has 1 aliphatic heterocycles. The van der Waals surface area contributed by atoms with Crippen LogP contribution >= 0.6 is 0 Å². The Kier molecular flexibility index (Phi) is 3.69. The van der Waals surface area contributed by atoms with Gasteiger partial charge in [0.05, 0.1) is 11.2 Å². The molecule has 1 aromatic carbocycles. The van der Waals surface area contributed by atoms with Gasteiger partial charge >= 0.3 is 0 Å². The first-order valence-electron chi connectivity index (χ1n) is 6.89. The molecule has 1 aromatic heterocycles. The van der Waals surface area contributed by atoms with Gasteiger partial charge < -0.3 is 9.88 Å². The summed E-state index contributed by atoms with van der Waals surface area (Å²) in [7, 11) is -3.50. The minimum Gasteiger partial charge on any atom is -0.384 e. The van der Waals surface area contributed by atoms with Gasteiger partial charge in [-0.3, -0.25) is 0 Å². The highest BCUT2D eigenvalue weighted by molar-refractivity contribution is 7.89. The zero-order valence-electron chi connectivity index (χ0n) is 11.8. The fourth-order valence-electron chi connectivity index (χ4n) is 2.53. The molecule has 2 aromatic rings. The molecule has 2 N–H and O–H groups in total. The normalized spacial score (nSPS) is 15.5. The highest BCUT2D eigenvalue weighted by atomic mass is 32.2. The lowest BCUT2D eigenvalue weighted by Crippen LogP contribution is -2.35. The van der Waals surface area contributed by atoms with Crippen LogP contribution in [0.2, 0.25) is 0 Å². The van der Waals surface area contributed by atoms with Crippen LogP contribution in [0.25, 0.3) is 0 Å². The lowest BCUT2D eigenvalue weighted by molar-refractivity contribution is 0.520. The molecule has 0 saturated carbocycles. The van der Waals surface area contributed by atoms with E-state index in [0.29, 0.717) is 11.4 Å². The fraction of sp³-hybridized carbons (Fsp3) is 0.357. The van der Waals surface area contributed by atoms with Gasteiger partial charge in [0.2, 0.25) is 10.0 Å². The van der Waals surface area contributed by atoms with Crippen molar-refractivity contribution in [2.45, 2.75) is 30.8 Å². The van der Waals surface area contributed by atoms with Crippen LogP contribution in [0.1, 0.15) is 12.5 Å². The van der Waals surface area contributed by atoms with Crippen molar-refractivity contribution in [1.82, 2.24) is 14.3 Å². The molecule has 112 valence electrons. The van der Waals surface area contributed by atoms with Crippen LogP contribution in [0, 0.1) is 0 Å². The van der Waals surface area contributed by atoms with Gasteiger partial charge in [-0.1, -0.05) is 0 Å². The summed E-state index contributed by atoms with van der Waals surface area (Å²) in [5.41, 5.74) is 2.08. The average molecular weight is 306 g/mol. The van der Waals surface area contributed by atoms with Gasteiger partial charge in [0.15, 0.2) is 0 Å². The molecule has 7 heteroatoms. The number of anilines is 1. The molecule has 0 fully saturated rings. The van der Waals surface area contributed by atoms with Crippen LogP contribution < -0.4 is 10.0 Å². The maximum absolute atomic E-state index is 12.4. The Hall–Kier alpha value is -1.86. The van der Waals surface area contributed by atoms with Crippen molar-refractivity contribution >= 4 is 15.7 Å². The lowest BCUT2D eigenvalue weighted by atomic mass is 10.2. The first kappa shape index (κ1) is 14.1. The molecule has 0 radical (unpaired) electrons. The summed E-state index contributed by atoms with van der Waals surface area (Å²) in [4.78, 5) is 4.27. The zero-order valence-corrected chi connectivity index (χ0v) is 12.6. The third-order valence-corrected chi connectivity index (χ3v) is 5.08. The first-order valence-corrected chi connectivity index (χ1v) is 8.38. The molecule has 0 bridgehead atoms. The summed E-state index contributed by atoms with van der Waals surface area (Å²) in [5.74, 6) is 0. The van der Waals surface area contributed by atoms with Crippen molar-refractivity contribution in [2.75, 3.05) is 11.9 Å². The second kappa shape index (κ2) is 5.50. The predicted octanol–water partition coefficient (Wildman–Crippen LogP) is 1.22. The quantitative estimate of drug-likeness (QED) is 0.871. The van der Waals surface area contributed by atoms with E-state index in [1.54, 1.807) is 24.7 Å². The molecule has 1 aliphatic rings. The topological polar surface area (TPSA) is 76.0 Å². The molecule has 0 saturated heterocycles. The highest BCUT2D eigenvalue weighted by Crippen LogP contribution is 2.25. The molecule has 3 rings (SSSR count). The number of imidazole rings is 1. The number of benzene rings is 1. The number of nitrogens with one attached hydrogen (secondary N) is 2. The van der Waals surface area contributed by atoms with Crippen LogP contribution in [-0.2, 0) is 23.0 Å². The monoisotopic (exact) mass is 306 g/mol. The first-order chi connectivity index (χ1) is 10.0. The van der Waals surface area contributed by atoms with E-state index in [2.05, 4.69) is 15.0 Å². The summed E-state index contributed by atoms with van der Waals surface area (Å²) in [6.45, 7) is 3.25. The van der Waals surface area contributed by atoms with Crippen molar-refractivity contribution in [3.05, 3.63) is 42.5 Å². The predicted molar refractivity (Wildman–Crippen MR) is 80.6 cm³/mol. The largest absolute Gasteiger partial charge is 0.384 e. The minimum absolute atomic E-state index is 0.212. The number of aromatic nitrogens is 2. The number of rotatable bonds is 5. The van der Waals surface area contributed by atoms with E-state index in [1.807, 2.05) is 23.8 Å². The minimum atomic E-state index is -3.50. The van der Waals surface area contributed by atoms with Crippen molar-refractivity contribution in [1.29, 1.82) is 0 Å². The van der Waals surface area contributed by atoms with Gasteiger partial charge in [0.25, 0.3) is 0 Å². The molecule has 21 heavy (non-hydrogen) atoms. The van der Waals surface area contributed by atoms with Crippen molar-refractivity contribution in [3.8, 4) is 0 Å². The SMILES string of the molecule is CC(Cn1ccnc1)NS(=O)(=O)c1ccc2c(c1)CCN2. The Balaban J connectivity index is 1.74. The van der Waals surface area contributed by atoms with E-state index in [0.717, 1.165) is 24.2 Å². The average Bonchev–Trinajstić information content (AvgIpc) is 3.07. The molecule has 0 spiro atoms. The van der Waals surface area contributed by atoms with Gasteiger partial charge in [-0.25, -0.2) is 18.1 Å². The summed E-state index contributed by atoms with van der Waals surface area (Å²) < 4.78 is 29.4. The maximum atomic E-state index is 12.4. The molecule has 1 atom stereocenters. The number of sulfonamides is 1. The number of fused-ring (bicyclic) bond motifs is 1. The number of hydrogen-bond acceptors (Lipinski definition) is 4. The van der Waals surface area contributed by atoms with Gasteiger partial charge in [-0.05, 0) is 37.1 Å². The Bertz CT molecular complexity index is 725. The van der Waals surface area contributed by atoms with E-state index in [9.17, 15) is 8.42 Å². The van der Waals surface area contributed by atoms with Gasteiger partial charge in [0.1, 0.15) is 0 Å². The van der Waals surface area contributed by atoms with Gasteiger partial charge in [-0.15, -0.1) is 0 Å². The van der Waals surface area contributed by atoms with Crippen LogP contribution in [0.15, 0.2) is 41.8 Å². The van der Waals surface area contributed by atoms with E-state index in [4.69, 9.17) is 0 Å². The Labute approximate surface area is 124 Å². The van der Waals surface area contributed by atoms with E-state index < -0.39 is 10.0 Å². The third-order valence-electron chi connectivity index (χ3n) is 3.50. The summed E-state index contributed by atoms with van der Waals surface area (Å²) in [6.07, 6.45) is 6.02. The van der Waals surface area contributed by atoms with Crippen LogP contribution in [0.3, 0.4) is 0 Å². The van der Waals surface area contributed by atoms with Gasteiger partial charge in [0, 0.05) is 37.2 Å². The van der Waals surface area contributed by atoms with Crippen molar-refractivity contribution in [3.63, 3.8) is 0 Å². The van der Waals surface area contributed by atoms with Crippen LogP contribution in [0.4, 0.5) is 5.69 Å². The summed E-state index contributed by atoms with van der Waals surface area (Å²) >= 11 is 0. The van der Waals surface area contributed by atoms with Crippen LogP contribution in [-0.4, -0.2) is 30.6 Å². The smallest absolute Gasteiger partial charge is 0.240 e. The number of nitrogens with zero attached hydrogens (tertiary/aromatic N) is 2. The molecule has 1 unspecified atom stereocenters. The zero-order chi connectivity index (χ0) is 14.9. The van der Waals surface area contributed by atoms with Crippen molar-refractivity contribution < 1.29 is 8.42 Å². The summed E-state index contributed by atoms with van der Waals surface area (Å²) in [5, 5.41) is 3.22. The maximum Gasteiger partial charge on any atom is 0.240 e. The van der Waals surface area contributed by atoms with Crippen molar-refractivity contribution in [2.24, 2.45) is 0 Å². The second-order valence-corrected chi connectivity index (χ2v) is 6.99. The number of hydrogen-bond donors (Lipinski definition) is 2. The Morgan fingerprint density at radius 3 is 3.10 bits per heavy atom. The van der Waals surface area contributed by atoms with E-state index >= 15 is 0 Å². The second-order valence-electron chi connectivity index (χ2n) is 5.28. The van der Waals surface area contributed by atoms with E-state index in [1.165, 1.54) is 0 Å². The molecule has 0 amide bonds. The Morgan fingerprint density at radius 1 is 1.48 bits per heavy atom. The van der Waals surface area contributed by atoms with Gasteiger partial charge in [-0.2, -0.15) is 0 Å².